The number of alkyl halides is 2. The van der Waals surface area contributed by atoms with Crippen molar-refractivity contribution in [2.75, 3.05) is 0 Å². The fourth-order valence-corrected chi connectivity index (χ4v) is 3.67. The van der Waals surface area contributed by atoms with Gasteiger partial charge in [0.1, 0.15) is 0 Å². The second-order valence-corrected chi connectivity index (χ2v) is 9.66. The molecule has 0 atom stereocenters. The third-order valence-electron chi connectivity index (χ3n) is 4.16. The molecule has 0 saturated heterocycles. The van der Waals surface area contributed by atoms with Crippen molar-refractivity contribution in [1.29, 1.82) is 0 Å². The summed E-state index contributed by atoms with van der Waals surface area (Å²) in [5.74, 6) is 0. The molecule has 0 bridgehead atoms. The molecular weight excluding hydrogens is 328 g/mol. The van der Waals surface area contributed by atoms with E-state index >= 15 is 0 Å². The van der Waals surface area contributed by atoms with Crippen LogP contribution in [0.25, 0.3) is 0 Å². The van der Waals surface area contributed by atoms with Gasteiger partial charge < -0.3 is 0 Å². The Morgan fingerprint density at radius 2 is 1.25 bits per heavy atom. The first-order valence-electron chi connectivity index (χ1n) is 6.91. The van der Waals surface area contributed by atoms with Crippen LogP contribution >= 0.6 is 31.9 Å². The zero-order chi connectivity index (χ0) is 12.1. The van der Waals surface area contributed by atoms with Gasteiger partial charge in [0.2, 0.25) is 0 Å². The van der Waals surface area contributed by atoms with Crippen LogP contribution in [0.4, 0.5) is 0 Å². The Hall–Kier alpha value is 0.960. The minimum Gasteiger partial charge on any atom is -0.0727 e. The van der Waals surface area contributed by atoms with Gasteiger partial charge in [0.05, 0.1) is 3.23 Å². The van der Waals surface area contributed by atoms with E-state index in [0.717, 1.165) is 0 Å². The first kappa shape index (κ1) is 15.0. The number of hydrogen-bond acceptors (Lipinski definition) is 0. The Morgan fingerprint density at radius 1 is 0.812 bits per heavy atom. The van der Waals surface area contributed by atoms with Crippen molar-refractivity contribution in [3.63, 3.8) is 0 Å². The second kappa shape index (κ2) is 6.78. The molecule has 0 radical (unpaired) electrons. The summed E-state index contributed by atoms with van der Waals surface area (Å²) in [5, 5.41) is 0. The number of halogens is 2. The van der Waals surface area contributed by atoms with Crippen LogP contribution in [-0.2, 0) is 0 Å². The molecule has 1 fully saturated rings. The maximum atomic E-state index is 3.80. The van der Waals surface area contributed by atoms with E-state index in [1.54, 1.807) is 0 Å². The minimum atomic E-state index is 0.252. The van der Waals surface area contributed by atoms with Gasteiger partial charge in [0.15, 0.2) is 0 Å². The summed E-state index contributed by atoms with van der Waals surface area (Å²) in [4.78, 5) is 0. The molecule has 0 amide bonds. The highest BCUT2D eigenvalue weighted by Gasteiger charge is 2.39. The van der Waals surface area contributed by atoms with E-state index in [9.17, 15) is 0 Å². The van der Waals surface area contributed by atoms with Crippen molar-refractivity contribution < 1.29 is 0 Å². The summed E-state index contributed by atoms with van der Waals surface area (Å²) in [6, 6.07) is 0. The summed E-state index contributed by atoms with van der Waals surface area (Å²) < 4.78 is 0.252. The molecule has 96 valence electrons. The third kappa shape index (κ3) is 4.68. The molecule has 2 heteroatoms. The lowest BCUT2D eigenvalue weighted by Crippen LogP contribution is -2.31. The molecule has 16 heavy (non-hydrogen) atoms. The number of hydrogen-bond donors (Lipinski definition) is 0. The smallest absolute Gasteiger partial charge is 0.0727 e. The summed E-state index contributed by atoms with van der Waals surface area (Å²) >= 11 is 7.59. The summed E-state index contributed by atoms with van der Waals surface area (Å²) in [6.07, 6.45) is 13.8. The Morgan fingerprint density at radius 3 is 1.62 bits per heavy atom. The van der Waals surface area contributed by atoms with Gasteiger partial charge in [-0.3, -0.25) is 0 Å². The molecule has 0 aromatic carbocycles. The van der Waals surface area contributed by atoms with Crippen molar-refractivity contribution in [2.45, 2.75) is 81.3 Å². The molecule has 1 rings (SSSR count). The van der Waals surface area contributed by atoms with Gasteiger partial charge >= 0.3 is 0 Å². The maximum Gasteiger partial charge on any atom is 0.0806 e. The molecule has 1 aliphatic rings. The van der Waals surface area contributed by atoms with Crippen LogP contribution < -0.4 is 0 Å². The average molecular weight is 354 g/mol. The molecule has 0 aromatic rings. The van der Waals surface area contributed by atoms with Crippen LogP contribution in [0.15, 0.2) is 0 Å². The van der Waals surface area contributed by atoms with Crippen molar-refractivity contribution in [3.05, 3.63) is 0 Å². The Labute approximate surface area is 118 Å². The fraction of sp³-hybridized carbons (Fsp3) is 1.00. The van der Waals surface area contributed by atoms with Crippen molar-refractivity contribution in [3.8, 4) is 0 Å². The minimum absolute atomic E-state index is 0.252. The SMILES string of the molecule is CCCCC1(CCCC)CCC(Br)(Br)CC1. The van der Waals surface area contributed by atoms with Crippen molar-refractivity contribution in [1.82, 2.24) is 0 Å². The molecule has 0 N–H and O–H groups in total. The first-order chi connectivity index (χ1) is 7.54. The second-order valence-electron chi connectivity index (χ2n) is 5.56. The summed E-state index contributed by atoms with van der Waals surface area (Å²) in [5.41, 5.74) is 0.678. The third-order valence-corrected chi connectivity index (χ3v) is 5.75. The van der Waals surface area contributed by atoms with E-state index in [1.807, 2.05) is 0 Å². The van der Waals surface area contributed by atoms with E-state index in [1.165, 1.54) is 64.2 Å². The number of unbranched alkanes of at least 4 members (excludes halogenated alkanes) is 2. The molecule has 1 saturated carbocycles. The average Bonchev–Trinajstić information content (AvgIpc) is 2.27. The molecule has 0 heterocycles. The first-order valence-corrected chi connectivity index (χ1v) is 8.50. The van der Waals surface area contributed by atoms with Gasteiger partial charge in [-0.2, -0.15) is 0 Å². The normalized spacial score (nSPS) is 23.2. The van der Waals surface area contributed by atoms with Gasteiger partial charge in [-0.25, -0.2) is 0 Å². The van der Waals surface area contributed by atoms with E-state index in [4.69, 9.17) is 0 Å². The topological polar surface area (TPSA) is 0 Å². The lowest BCUT2D eigenvalue weighted by molar-refractivity contribution is 0.149. The molecule has 0 aromatic heterocycles. The predicted octanol–water partition coefficient (Wildman–Crippen LogP) is 6.41. The monoisotopic (exact) mass is 352 g/mol. The zero-order valence-corrected chi connectivity index (χ0v) is 14.0. The highest BCUT2D eigenvalue weighted by Crippen LogP contribution is 2.52. The Bertz CT molecular complexity index is 179. The van der Waals surface area contributed by atoms with Crippen LogP contribution in [0.3, 0.4) is 0 Å². The highest BCUT2D eigenvalue weighted by atomic mass is 79.9. The molecule has 0 spiro atoms. The largest absolute Gasteiger partial charge is 0.0806 e. The molecule has 0 unspecified atom stereocenters. The molecule has 0 nitrogen and oxygen atoms in total. The lowest BCUT2D eigenvalue weighted by atomic mass is 9.68. The van der Waals surface area contributed by atoms with Crippen LogP contribution in [0, 0.1) is 5.41 Å². The van der Waals surface area contributed by atoms with E-state index < -0.39 is 0 Å². The van der Waals surface area contributed by atoms with E-state index in [-0.39, 0.29) is 3.23 Å². The van der Waals surface area contributed by atoms with Crippen LogP contribution in [0.1, 0.15) is 78.1 Å². The quantitative estimate of drug-likeness (QED) is 0.483. The number of rotatable bonds is 6. The van der Waals surface area contributed by atoms with Crippen molar-refractivity contribution in [2.24, 2.45) is 5.41 Å². The van der Waals surface area contributed by atoms with Crippen molar-refractivity contribution >= 4 is 31.9 Å². The van der Waals surface area contributed by atoms with Gasteiger partial charge in [0.25, 0.3) is 0 Å². The lowest BCUT2D eigenvalue weighted by Gasteiger charge is -2.42. The summed E-state index contributed by atoms with van der Waals surface area (Å²) in [6.45, 7) is 4.63. The summed E-state index contributed by atoms with van der Waals surface area (Å²) in [7, 11) is 0. The standard InChI is InChI=1S/C14H26Br2/c1-3-5-7-13(8-6-4-2)9-11-14(15,16)12-10-13/h3-12H2,1-2H3. The van der Waals surface area contributed by atoms with Gasteiger partial charge in [-0.15, -0.1) is 0 Å². The molecular formula is C14H26Br2. The van der Waals surface area contributed by atoms with Gasteiger partial charge in [0, 0.05) is 0 Å². The van der Waals surface area contributed by atoms with E-state index in [0.29, 0.717) is 5.41 Å². The molecule has 0 aliphatic heterocycles. The Kier molecular flexibility index (Phi) is 6.36. The van der Waals surface area contributed by atoms with E-state index in [2.05, 4.69) is 45.7 Å². The van der Waals surface area contributed by atoms with Crippen LogP contribution in [0.2, 0.25) is 0 Å². The highest BCUT2D eigenvalue weighted by molar-refractivity contribution is 9.25. The Balaban J connectivity index is 2.51. The predicted molar refractivity (Wildman–Crippen MR) is 80.5 cm³/mol. The van der Waals surface area contributed by atoms with Gasteiger partial charge in [-0.05, 0) is 43.9 Å². The zero-order valence-electron chi connectivity index (χ0n) is 10.8. The molecule has 1 aliphatic carbocycles. The van der Waals surface area contributed by atoms with Crippen LogP contribution in [-0.4, -0.2) is 3.23 Å². The van der Waals surface area contributed by atoms with Gasteiger partial charge in [-0.1, -0.05) is 71.4 Å². The van der Waals surface area contributed by atoms with Crippen LogP contribution in [0.5, 0.6) is 0 Å². The maximum absolute atomic E-state index is 3.80. The fourth-order valence-electron chi connectivity index (χ4n) is 2.87.